The van der Waals surface area contributed by atoms with Crippen LogP contribution in [0.25, 0.3) is 11.0 Å². The molecule has 0 bridgehead atoms. The molecule has 4 nitrogen and oxygen atoms in total. The number of aliphatic hydroxyl groups is 1. The molecule has 0 saturated heterocycles. The third kappa shape index (κ3) is 2.14. The number of aromatic amines is 1. The second-order valence-corrected chi connectivity index (χ2v) is 3.77. The Morgan fingerprint density at radius 3 is 2.93 bits per heavy atom. The van der Waals surface area contributed by atoms with Crippen LogP contribution in [-0.4, -0.2) is 25.7 Å². The smallest absolute Gasteiger partial charge is 0.141 e. The first-order valence-corrected chi connectivity index (χ1v) is 4.60. The normalized spacial score (nSPS) is 11.1. The highest BCUT2D eigenvalue weighted by Crippen LogP contribution is 2.11. The third-order valence-corrected chi connectivity index (χ3v) is 1.84. The van der Waals surface area contributed by atoms with Crippen LogP contribution in [0, 0.1) is 11.8 Å². The monoisotopic (exact) mass is 201 g/mol. The summed E-state index contributed by atoms with van der Waals surface area (Å²) in [4.78, 5) is 11.1. The van der Waals surface area contributed by atoms with Gasteiger partial charge in [0.15, 0.2) is 0 Å². The summed E-state index contributed by atoms with van der Waals surface area (Å²) in [5.41, 5.74) is 0.376. The molecule has 0 aromatic carbocycles. The number of H-pyrrole nitrogens is 1. The molecule has 0 unspecified atom stereocenters. The molecule has 0 spiro atoms. The largest absolute Gasteiger partial charge is 0.378 e. The molecule has 0 saturated carbocycles. The highest BCUT2D eigenvalue weighted by atomic mass is 16.3. The summed E-state index contributed by atoms with van der Waals surface area (Å²) in [6, 6.07) is 1.86. The second-order valence-electron chi connectivity index (χ2n) is 3.77. The molecule has 2 aromatic rings. The zero-order chi connectivity index (χ0) is 10.9. The number of fused-ring (bicyclic) bond motifs is 1. The van der Waals surface area contributed by atoms with Crippen molar-refractivity contribution in [3.05, 3.63) is 24.3 Å². The van der Waals surface area contributed by atoms with Crippen LogP contribution in [0.3, 0.4) is 0 Å². The van der Waals surface area contributed by atoms with E-state index in [1.54, 1.807) is 20.0 Å². The van der Waals surface area contributed by atoms with Gasteiger partial charge in [0.25, 0.3) is 0 Å². The molecular formula is C11H11N3O. The average molecular weight is 201 g/mol. The lowest BCUT2D eigenvalue weighted by atomic mass is 10.1. The lowest BCUT2D eigenvalue weighted by molar-refractivity contribution is 0.143. The zero-order valence-electron chi connectivity index (χ0n) is 8.57. The van der Waals surface area contributed by atoms with Crippen molar-refractivity contribution < 1.29 is 5.11 Å². The van der Waals surface area contributed by atoms with E-state index in [1.165, 1.54) is 6.33 Å². The minimum absolute atomic E-state index is 0.628. The van der Waals surface area contributed by atoms with Gasteiger partial charge in [-0.1, -0.05) is 5.92 Å². The van der Waals surface area contributed by atoms with E-state index in [0.717, 1.165) is 11.0 Å². The van der Waals surface area contributed by atoms with Crippen LogP contribution >= 0.6 is 0 Å². The van der Waals surface area contributed by atoms with Gasteiger partial charge in [-0.2, -0.15) is 0 Å². The fraction of sp³-hybridized carbons (Fsp3) is 0.273. The molecule has 0 aliphatic rings. The molecule has 0 aliphatic carbocycles. The van der Waals surface area contributed by atoms with Crippen LogP contribution in [-0.2, 0) is 0 Å². The Hall–Kier alpha value is -1.86. The van der Waals surface area contributed by atoms with Gasteiger partial charge in [0.05, 0.1) is 5.39 Å². The van der Waals surface area contributed by atoms with Gasteiger partial charge in [-0.05, 0) is 25.8 Å². The van der Waals surface area contributed by atoms with Crippen LogP contribution in [0.4, 0.5) is 0 Å². The first-order valence-electron chi connectivity index (χ1n) is 4.60. The van der Waals surface area contributed by atoms with Crippen LogP contribution in [0.2, 0.25) is 0 Å². The van der Waals surface area contributed by atoms with Gasteiger partial charge in [-0.3, -0.25) is 0 Å². The first kappa shape index (κ1) is 9.69. The van der Waals surface area contributed by atoms with E-state index in [1.807, 2.05) is 6.07 Å². The predicted octanol–water partition coefficient (Wildman–Crippen LogP) is 1.08. The average Bonchev–Trinajstić information content (AvgIpc) is 2.61. The Morgan fingerprint density at radius 1 is 1.40 bits per heavy atom. The van der Waals surface area contributed by atoms with Crippen molar-refractivity contribution in [3.63, 3.8) is 0 Å². The van der Waals surface area contributed by atoms with Crippen molar-refractivity contribution in [3.8, 4) is 11.8 Å². The first-order chi connectivity index (χ1) is 7.06. The molecule has 2 aromatic heterocycles. The van der Waals surface area contributed by atoms with E-state index >= 15 is 0 Å². The van der Waals surface area contributed by atoms with Gasteiger partial charge in [-0.25, -0.2) is 9.97 Å². The lowest BCUT2D eigenvalue weighted by Gasteiger charge is -2.05. The topological polar surface area (TPSA) is 61.8 Å². The molecule has 76 valence electrons. The quantitative estimate of drug-likeness (QED) is 0.627. The van der Waals surface area contributed by atoms with Gasteiger partial charge >= 0.3 is 0 Å². The van der Waals surface area contributed by atoms with E-state index in [0.29, 0.717) is 5.69 Å². The maximum atomic E-state index is 9.48. The molecule has 2 N–H and O–H groups in total. The van der Waals surface area contributed by atoms with Crippen LogP contribution in [0.1, 0.15) is 19.5 Å². The van der Waals surface area contributed by atoms with E-state index in [2.05, 4.69) is 26.8 Å². The molecule has 0 radical (unpaired) electrons. The minimum atomic E-state index is -1.01. The molecule has 2 rings (SSSR count). The summed E-state index contributed by atoms with van der Waals surface area (Å²) < 4.78 is 0. The number of hydrogen-bond acceptors (Lipinski definition) is 3. The summed E-state index contributed by atoms with van der Waals surface area (Å²) >= 11 is 0. The maximum absolute atomic E-state index is 9.48. The van der Waals surface area contributed by atoms with Gasteiger partial charge in [0, 0.05) is 6.20 Å². The Kier molecular flexibility index (Phi) is 2.18. The van der Waals surface area contributed by atoms with Crippen molar-refractivity contribution in [2.24, 2.45) is 0 Å². The summed E-state index contributed by atoms with van der Waals surface area (Å²) in [5.74, 6) is 5.56. The predicted molar refractivity (Wildman–Crippen MR) is 57.1 cm³/mol. The molecule has 2 heterocycles. The van der Waals surface area contributed by atoms with Gasteiger partial charge in [-0.15, -0.1) is 0 Å². The Bertz CT molecular complexity index is 540. The fourth-order valence-corrected chi connectivity index (χ4v) is 1.18. The van der Waals surface area contributed by atoms with Crippen LogP contribution in [0.15, 0.2) is 18.6 Å². The molecule has 15 heavy (non-hydrogen) atoms. The van der Waals surface area contributed by atoms with E-state index in [-0.39, 0.29) is 0 Å². The number of nitrogens with one attached hydrogen (secondary N) is 1. The van der Waals surface area contributed by atoms with E-state index in [9.17, 15) is 5.11 Å². The van der Waals surface area contributed by atoms with Crippen molar-refractivity contribution in [2.45, 2.75) is 19.4 Å². The molecular weight excluding hydrogens is 190 g/mol. The molecule has 0 aliphatic heterocycles. The molecule has 0 atom stereocenters. The Balaban J connectivity index is 2.51. The van der Waals surface area contributed by atoms with Crippen molar-refractivity contribution in [1.82, 2.24) is 15.0 Å². The minimum Gasteiger partial charge on any atom is -0.378 e. The highest BCUT2D eigenvalue weighted by molar-refractivity contribution is 5.80. The SMILES string of the molecule is CC(C)(O)C#Cc1ncnc2[nH]ccc12. The molecule has 0 fully saturated rings. The lowest BCUT2D eigenvalue weighted by Crippen LogP contribution is -2.14. The van der Waals surface area contributed by atoms with E-state index in [4.69, 9.17) is 0 Å². The van der Waals surface area contributed by atoms with Gasteiger partial charge in [0.2, 0.25) is 0 Å². The van der Waals surface area contributed by atoms with Gasteiger partial charge < -0.3 is 10.1 Å². The summed E-state index contributed by atoms with van der Waals surface area (Å²) in [6.07, 6.45) is 3.24. The number of nitrogens with zero attached hydrogens (tertiary/aromatic N) is 2. The zero-order valence-corrected chi connectivity index (χ0v) is 8.57. The van der Waals surface area contributed by atoms with Gasteiger partial charge in [0.1, 0.15) is 23.3 Å². The number of aromatic nitrogens is 3. The standard InChI is InChI=1S/C11H11N3O/c1-11(2,15)5-3-9-8-4-6-12-10(8)14-7-13-9/h4,6-7,15H,1-2H3,(H,12,13,14). The fourth-order valence-electron chi connectivity index (χ4n) is 1.18. The highest BCUT2D eigenvalue weighted by Gasteiger charge is 2.07. The summed E-state index contributed by atoms with van der Waals surface area (Å²) in [6.45, 7) is 3.27. The van der Waals surface area contributed by atoms with Crippen LogP contribution in [0.5, 0.6) is 0 Å². The van der Waals surface area contributed by atoms with Crippen molar-refractivity contribution in [1.29, 1.82) is 0 Å². The second kappa shape index (κ2) is 3.37. The Labute approximate surface area is 87.4 Å². The molecule has 4 heteroatoms. The molecule has 0 amide bonds. The maximum Gasteiger partial charge on any atom is 0.141 e. The third-order valence-electron chi connectivity index (χ3n) is 1.84. The number of rotatable bonds is 0. The van der Waals surface area contributed by atoms with Crippen molar-refractivity contribution >= 4 is 11.0 Å². The van der Waals surface area contributed by atoms with Crippen molar-refractivity contribution in [2.75, 3.05) is 0 Å². The summed E-state index contributed by atoms with van der Waals surface area (Å²) in [5, 5.41) is 10.3. The Morgan fingerprint density at radius 2 is 2.20 bits per heavy atom. The number of hydrogen-bond donors (Lipinski definition) is 2. The van der Waals surface area contributed by atoms with E-state index < -0.39 is 5.60 Å². The summed E-state index contributed by atoms with van der Waals surface area (Å²) in [7, 11) is 0. The van der Waals surface area contributed by atoms with Crippen LogP contribution < -0.4 is 0 Å².